The fourth-order valence-corrected chi connectivity index (χ4v) is 2.01. The molecule has 1 heterocycles. The Bertz CT molecular complexity index is 489. The molecule has 0 atom stereocenters. The summed E-state index contributed by atoms with van der Waals surface area (Å²) in [5, 5.41) is 11.8. The van der Waals surface area contributed by atoms with Crippen molar-refractivity contribution >= 4 is 11.6 Å². The van der Waals surface area contributed by atoms with E-state index in [1.54, 1.807) is 4.90 Å². The maximum Gasteiger partial charge on any atom is 0.241 e. The molecule has 1 fully saturated rings. The molecule has 2 rings (SSSR count). The molecule has 0 radical (unpaired) electrons. The lowest BCUT2D eigenvalue weighted by atomic mass is 10.2. The predicted octanol–water partition coefficient (Wildman–Crippen LogP) is 1.73. The molecule has 1 aliphatic heterocycles. The molecule has 1 aromatic rings. The molecule has 4 nitrogen and oxygen atoms in total. The first-order chi connectivity index (χ1) is 8.70. The second-order valence-electron chi connectivity index (χ2n) is 4.24. The maximum atomic E-state index is 12.9. The lowest BCUT2D eigenvalue weighted by Gasteiger charge is -2.16. The molecular weight excluding hydrogens is 233 g/mol. The average Bonchev–Trinajstić information content (AvgIpc) is 2.90. The summed E-state index contributed by atoms with van der Waals surface area (Å²) in [7, 11) is 0. The van der Waals surface area contributed by atoms with Crippen LogP contribution in [0, 0.1) is 17.1 Å². The van der Waals surface area contributed by atoms with Crippen molar-refractivity contribution in [3.63, 3.8) is 0 Å². The van der Waals surface area contributed by atoms with Crippen molar-refractivity contribution in [2.75, 3.05) is 25.0 Å². The number of hydrogen-bond acceptors (Lipinski definition) is 3. The highest BCUT2D eigenvalue weighted by Crippen LogP contribution is 2.16. The van der Waals surface area contributed by atoms with Gasteiger partial charge in [-0.1, -0.05) is 0 Å². The number of amides is 1. The van der Waals surface area contributed by atoms with Crippen molar-refractivity contribution < 1.29 is 9.18 Å². The third-order valence-electron chi connectivity index (χ3n) is 2.99. The van der Waals surface area contributed by atoms with Gasteiger partial charge in [0.2, 0.25) is 5.91 Å². The molecule has 0 aromatic heterocycles. The van der Waals surface area contributed by atoms with E-state index in [4.69, 9.17) is 5.26 Å². The monoisotopic (exact) mass is 247 g/mol. The summed E-state index contributed by atoms with van der Waals surface area (Å²) in [6, 6.07) is 5.80. The van der Waals surface area contributed by atoms with E-state index in [0.29, 0.717) is 5.69 Å². The van der Waals surface area contributed by atoms with Gasteiger partial charge in [0.25, 0.3) is 0 Å². The number of rotatable bonds is 3. The summed E-state index contributed by atoms with van der Waals surface area (Å²) in [6.45, 7) is 1.74. The van der Waals surface area contributed by atoms with Crippen LogP contribution in [0.4, 0.5) is 10.1 Å². The van der Waals surface area contributed by atoms with E-state index in [1.807, 2.05) is 6.07 Å². The first-order valence-corrected chi connectivity index (χ1v) is 5.92. The van der Waals surface area contributed by atoms with Crippen molar-refractivity contribution in [3.8, 4) is 6.07 Å². The van der Waals surface area contributed by atoms with Crippen LogP contribution in [0.5, 0.6) is 0 Å². The third kappa shape index (κ3) is 2.77. The summed E-state index contributed by atoms with van der Waals surface area (Å²) < 4.78 is 12.9. The molecule has 1 saturated heterocycles. The molecule has 1 aliphatic rings. The number of benzene rings is 1. The van der Waals surface area contributed by atoms with Crippen LogP contribution in [0.3, 0.4) is 0 Å². The zero-order chi connectivity index (χ0) is 13.0. The largest absolute Gasteiger partial charge is 0.375 e. The normalized spacial score (nSPS) is 14.3. The van der Waals surface area contributed by atoms with Gasteiger partial charge >= 0.3 is 0 Å². The molecule has 1 amide bonds. The van der Waals surface area contributed by atoms with Crippen molar-refractivity contribution in [2.45, 2.75) is 12.8 Å². The zero-order valence-electron chi connectivity index (χ0n) is 9.95. The van der Waals surface area contributed by atoms with E-state index in [1.165, 1.54) is 12.1 Å². The molecule has 1 N–H and O–H groups in total. The van der Waals surface area contributed by atoms with Crippen molar-refractivity contribution in [2.24, 2.45) is 0 Å². The lowest BCUT2D eigenvalue weighted by Crippen LogP contribution is -2.33. The standard InChI is InChI=1S/C13H14FN3O/c14-11-3-4-12(10(7-11)8-15)16-9-13(18)17-5-1-2-6-17/h3-4,7,16H,1-2,5-6,9H2. The van der Waals surface area contributed by atoms with E-state index < -0.39 is 5.82 Å². The summed E-state index contributed by atoms with van der Waals surface area (Å²) in [4.78, 5) is 13.6. The van der Waals surface area contributed by atoms with E-state index >= 15 is 0 Å². The Hall–Kier alpha value is -2.09. The van der Waals surface area contributed by atoms with Gasteiger partial charge in [0.05, 0.1) is 17.8 Å². The Kier molecular flexibility index (Phi) is 3.78. The molecule has 0 spiro atoms. The molecule has 0 unspecified atom stereocenters. The maximum absolute atomic E-state index is 12.9. The summed E-state index contributed by atoms with van der Waals surface area (Å²) in [5.74, 6) is -0.441. The molecule has 0 aliphatic carbocycles. The molecule has 0 bridgehead atoms. The minimum atomic E-state index is -0.456. The first kappa shape index (κ1) is 12.4. The molecule has 0 saturated carbocycles. The van der Waals surface area contributed by atoms with Crippen LogP contribution < -0.4 is 5.32 Å². The summed E-state index contributed by atoms with van der Waals surface area (Å²) >= 11 is 0. The molecule has 5 heteroatoms. The van der Waals surface area contributed by atoms with Crippen LogP contribution in [0.15, 0.2) is 18.2 Å². The molecular formula is C13H14FN3O. The van der Waals surface area contributed by atoms with Crippen LogP contribution in [-0.4, -0.2) is 30.4 Å². The second kappa shape index (κ2) is 5.50. The molecule has 94 valence electrons. The number of anilines is 1. The highest BCUT2D eigenvalue weighted by Gasteiger charge is 2.17. The van der Waals surface area contributed by atoms with Crippen molar-refractivity contribution in [1.82, 2.24) is 4.90 Å². The van der Waals surface area contributed by atoms with Crippen LogP contribution >= 0.6 is 0 Å². The number of carbonyl (C=O) groups excluding carboxylic acids is 1. The van der Waals surface area contributed by atoms with Crippen LogP contribution in [0.25, 0.3) is 0 Å². The third-order valence-corrected chi connectivity index (χ3v) is 2.99. The predicted molar refractivity (Wildman–Crippen MR) is 65.4 cm³/mol. The number of carbonyl (C=O) groups is 1. The van der Waals surface area contributed by atoms with Gasteiger partial charge in [-0.2, -0.15) is 5.26 Å². The van der Waals surface area contributed by atoms with E-state index in [-0.39, 0.29) is 18.0 Å². The first-order valence-electron chi connectivity index (χ1n) is 5.92. The Morgan fingerprint density at radius 3 is 2.83 bits per heavy atom. The smallest absolute Gasteiger partial charge is 0.241 e. The summed E-state index contributed by atoms with van der Waals surface area (Å²) in [6.07, 6.45) is 2.09. The van der Waals surface area contributed by atoms with Crippen LogP contribution in [0.1, 0.15) is 18.4 Å². The van der Waals surface area contributed by atoms with Gasteiger partial charge < -0.3 is 10.2 Å². The van der Waals surface area contributed by atoms with Gasteiger partial charge in [-0.3, -0.25) is 4.79 Å². The number of nitrogens with zero attached hydrogens (tertiary/aromatic N) is 2. The number of nitrogens with one attached hydrogen (secondary N) is 1. The Morgan fingerprint density at radius 1 is 1.44 bits per heavy atom. The topological polar surface area (TPSA) is 56.1 Å². The van der Waals surface area contributed by atoms with E-state index in [0.717, 1.165) is 32.0 Å². The number of likely N-dealkylation sites (tertiary alicyclic amines) is 1. The fraction of sp³-hybridized carbons (Fsp3) is 0.385. The SMILES string of the molecule is N#Cc1cc(F)ccc1NCC(=O)N1CCCC1. The zero-order valence-corrected chi connectivity index (χ0v) is 9.95. The summed E-state index contributed by atoms with van der Waals surface area (Å²) in [5.41, 5.74) is 0.704. The van der Waals surface area contributed by atoms with Crippen molar-refractivity contribution in [3.05, 3.63) is 29.6 Å². The van der Waals surface area contributed by atoms with E-state index in [2.05, 4.69) is 5.32 Å². The van der Waals surface area contributed by atoms with E-state index in [9.17, 15) is 9.18 Å². The number of nitriles is 1. The van der Waals surface area contributed by atoms with Gasteiger partial charge in [0.15, 0.2) is 0 Å². The second-order valence-corrected chi connectivity index (χ2v) is 4.24. The average molecular weight is 247 g/mol. The minimum Gasteiger partial charge on any atom is -0.375 e. The van der Waals surface area contributed by atoms with Crippen LogP contribution in [-0.2, 0) is 4.79 Å². The Morgan fingerprint density at radius 2 is 2.17 bits per heavy atom. The fourth-order valence-electron chi connectivity index (χ4n) is 2.01. The van der Waals surface area contributed by atoms with Crippen molar-refractivity contribution in [1.29, 1.82) is 5.26 Å². The minimum absolute atomic E-state index is 0.0146. The molecule has 1 aromatic carbocycles. The highest BCUT2D eigenvalue weighted by molar-refractivity contribution is 5.81. The van der Waals surface area contributed by atoms with Crippen LogP contribution in [0.2, 0.25) is 0 Å². The Labute approximate surface area is 105 Å². The highest BCUT2D eigenvalue weighted by atomic mass is 19.1. The van der Waals surface area contributed by atoms with Gasteiger partial charge in [-0.15, -0.1) is 0 Å². The number of halogens is 1. The lowest BCUT2D eigenvalue weighted by molar-refractivity contribution is -0.128. The van der Waals surface area contributed by atoms with Gasteiger partial charge in [0, 0.05) is 13.1 Å². The van der Waals surface area contributed by atoms with Gasteiger partial charge in [-0.05, 0) is 31.0 Å². The van der Waals surface area contributed by atoms with Gasteiger partial charge in [-0.25, -0.2) is 4.39 Å². The Balaban J connectivity index is 1.97. The quantitative estimate of drug-likeness (QED) is 0.885. The van der Waals surface area contributed by atoms with Gasteiger partial charge in [0.1, 0.15) is 11.9 Å². The number of hydrogen-bond donors (Lipinski definition) is 1. The molecule has 18 heavy (non-hydrogen) atoms.